The van der Waals surface area contributed by atoms with Gasteiger partial charge in [-0.25, -0.2) is 4.98 Å². The molecule has 1 heterocycles. The minimum atomic E-state index is -0.153. The third kappa shape index (κ3) is 3.76. The van der Waals surface area contributed by atoms with Crippen molar-refractivity contribution in [2.75, 3.05) is 5.32 Å². The molecule has 0 unspecified atom stereocenters. The average Bonchev–Trinajstić information content (AvgIpc) is 2.62. The third-order valence-electron chi connectivity index (χ3n) is 4.20. The van der Waals surface area contributed by atoms with Crippen LogP contribution in [0.15, 0.2) is 53.3 Å². The topological polar surface area (TPSA) is 64.0 Å². The average molecular weight is 335 g/mol. The molecule has 5 heteroatoms. The number of fused-ring (bicyclic) bond motifs is 1. The Bertz CT molecular complexity index is 976. The first-order chi connectivity index (χ1) is 12.1. The van der Waals surface area contributed by atoms with E-state index in [0.29, 0.717) is 12.2 Å². The Kier molecular flexibility index (Phi) is 4.93. The molecule has 5 nitrogen and oxygen atoms in total. The molecule has 0 aliphatic rings. The molecule has 0 radical (unpaired) electrons. The van der Waals surface area contributed by atoms with Crippen molar-refractivity contribution >= 4 is 22.6 Å². The van der Waals surface area contributed by atoms with E-state index in [4.69, 9.17) is 0 Å². The summed E-state index contributed by atoms with van der Waals surface area (Å²) in [6.45, 7) is 4.09. The lowest BCUT2D eigenvalue weighted by Gasteiger charge is -2.11. The van der Waals surface area contributed by atoms with Crippen LogP contribution in [0.25, 0.3) is 11.0 Å². The summed E-state index contributed by atoms with van der Waals surface area (Å²) in [4.78, 5) is 29.0. The lowest BCUT2D eigenvalue weighted by Crippen LogP contribution is -2.26. The number of hydrogen-bond donors (Lipinski definition) is 1. The SMILES string of the molecule is CCc1cccc(NC(=O)CCn2c(=O)c(C)nc3ccccc32)c1. The molecule has 2 aromatic carbocycles. The van der Waals surface area contributed by atoms with Crippen molar-refractivity contribution in [3.63, 3.8) is 0 Å². The summed E-state index contributed by atoms with van der Waals surface area (Å²) in [5.41, 5.74) is 3.75. The fourth-order valence-corrected chi connectivity index (χ4v) is 2.85. The van der Waals surface area contributed by atoms with Gasteiger partial charge in [0.1, 0.15) is 5.69 Å². The Morgan fingerprint density at radius 2 is 1.96 bits per heavy atom. The minimum Gasteiger partial charge on any atom is -0.326 e. The van der Waals surface area contributed by atoms with Crippen molar-refractivity contribution in [1.82, 2.24) is 9.55 Å². The number of para-hydroxylation sites is 2. The molecule has 0 saturated carbocycles. The van der Waals surface area contributed by atoms with Crippen LogP contribution < -0.4 is 10.9 Å². The zero-order valence-corrected chi connectivity index (χ0v) is 14.5. The van der Waals surface area contributed by atoms with Crippen LogP contribution in [0.4, 0.5) is 5.69 Å². The number of carbonyl (C=O) groups excluding carboxylic acids is 1. The maximum Gasteiger partial charge on any atom is 0.272 e. The first kappa shape index (κ1) is 16.9. The monoisotopic (exact) mass is 335 g/mol. The Hall–Kier alpha value is -2.95. The largest absolute Gasteiger partial charge is 0.326 e. The predicted octanol–water partition coefficient (Wildman–Crippen LogP) is 3.30. The van der Waals surface area contributed by atoms with Crippen LogP contribution >= 0.6 is 0 Å². The molecule has 0 atom stereocenters. The molecule has 1 amide bonds. The first-order valence-corrected chi connectivity index (χ1v) is 8.43. The van der Waals surface area contributed by atoms with Gasteiger partial charge in [0.25, 0.3) is 5.56 Å². The fourth-order valence-electron chi connectivity index (χ4n) is 2.85. The molecule has 128 valence electrons. The second-order valence-corrected chi connectivity index (χ2v) is 5.99. The highest BCUT2D eigenvalue weighted by molar-refractivity contribution is 5.90. The predicted molar refractivity (Wildman–Crippen MR) is 99.8 cm³/mol. The van der Waals surface area contributed by atoms with Gasteiger partial charge in [0, 0.05) is 18.7 Å². The van der Waals surface area contributed by atoms with Crippen molar-refractivity contribution in [1.29, 1.82) is 0 Å². The van der Waals surface area contributed by atoms with Gasteiger partial charge in [0.2, 0.25) is 5.91 Å². The van der Waals surface area contributed by atoms with Crippen LogP contribution in [-0.2, 0) is 17.8 Å². The molecule has 1 N–H and O–H groups in total. The van der Waals surface area contributed by atoms with Crippen LogP contribution in [0.2, 0.25) is 0 Å². The van der Waals surface area contributed by atoms with Crippen molar-refractivity contribution < 1.29 is 4.79 Å². The van der Waals surface area contributed by atoms with E-state index in [2.05, 4.69) is 17.2 Å². The second-order valence-electron chi connectivity index (χ2n) is 5.99. The zero-order valence-electron chi connectivity index (χ0n) is 14.5. The summed E-state index contributed by atoms with van der Waals surface area (Å²) < 4.78 is 1.62. The van der Waals surface area contributed by atoms with E-state index in [1.54, 1.807) is 11.5 Å². The third-order valence-corrected chi connectivity index (χ3v) is 4.20. The van der Waals surface area contributed by atoms with E-state index in [1.807, 2.05) is 48.5 Å². The molecule has 0 aliphatic heterocycles. The van der Waals surface area contributed by atoms with Crippen LogP contribution in [0.1, 0.15) is 24.6 Å². The summed E-state index contributed by atoms with van der Waals surface area (Å²) in [5.74, 6) is -0.112. The number of benzene rings is 2. The number of aromatic nitrogens is 2. The van der Waals surface area contributed by atoms with Gasteiger partial charge in [0.15, 0.2) is 0 Å². The quantitative estimate of drug-likeness (QED) is 0.778. The number of nitrogens with one attached hydrogen (secondary N) is 1. The van der Waals surface area contributed by atoms with Gasteiger partial charge in [-0.05, 0) is 43.2 Å². The highest BCUT2D eigenvalue weighted by atomic mass is 16.2. The maximum atomic E-state index is 12.4. The summed E-state index contributed by atoms with van der Waals surface area (Å²) >= 11 is 0. The number of nitrogens with zero attached hydrogens (tertiary/aromatic N) is 2. The van der Waals surface area contributed by atoms with Crippen molar-refractivity contribution in [2.45, 2.75) is 33.2 Å². The smallest absolute Gasteiger partial charge is 0.272 e. The highest BCUT2D eigenvalue weighted by Gasteiger charge is 2.10. The highest BCUT2D eigenvalue weighted by Crippen LogP contribution is 2.13. The number of rotatable bonds is 5. The summed E-state index contributed by atoms with van der Waals surface area (Å²) in [7, 11) is 0. The summed E-state index contributed by atoms with van der Waals surface area (Å²) in [6, 6.07) is 15.3. The Labute approximate surface area is 146 Å². The number of hydrogen-bond acceptors (Lipinski definition) is 3. The number of amides is 1. The van der Waals surface area contributed by atoms with E-state index in [9.17, 15) is 9.59 Å². The molecule has 0 bridgehead atoms. The zero-order chi connectivity index (χ0) is 17.8. The van der Waals surface area contributed by atoms with Gasteiger partial charge < -0.3 is 9.88 Å². The fraction of sp³-hybridized carbons (Fsp3) is 0.250. The molecule has 0 spiro atoms. The molecule has 0 saturated heterocycles. The van der Waals surface area contributed by atoms with Gasteiger partial charge in [-0.1, -0.05) is 31.2 Å². The van der Waals surface area contributed by atoms with E-state index in [1.165, 1.54) is 5.56 Å². The van der Waals surface area contributed by atoms with Gasteiger partial charge >= 0.3 is 0 Å². The lowest BCUT2D eigenvalue weighted by molar-refractivity contribution is -0.116. The van der Waals surface area contributed by atoms with E-state index in [-0.39, 0.29) is 17.9 Å². The van der Waals surface area contributed by atoms with Crippen LogP contribution in [0.5, 0.6) is 0 Å². The van der Waals surface area contributed by atoms with Gasteiger partial charge in [-0.15, -0.1) is 0 Å². The van der Waals surface area contributed by atoms with Crippen LogP contribution in [-0.4, -0.2) is 15.5 Å². The number of anilines is 1. The molecule has 3 aromatic rings. The molecule has 25 heavy (non-hydrogen) atoms. The molecule has 1 aromatic heterocycles. The summed E-state index contributed by atoms with van der Waals surface area (Å²) in [6.07, 6.45) is 1.14. The van der Waals surface area contributed by atoms with Gasteiger partial charge in [0.05, 0.1) is 11.0 Å². The second kappa shape index (κ2) is 7.30. The number of carbonyl (C=O) groups is 1. The Morgan fingerprint density at radius 3 is 2.76 bits per heavy atom. The van der Waals surface area contributed by atoms with Crippen LogP contribution in [0, 0.1) is 6.92 Å². The molecule has 0 fully saturated rings. The molecular formula is C20H21N3O2. The normalized spacial score (nSPS) is 10.8. The molecule has 0 aliphatic carbocycles. The molecule has 3 rings (SSSR count). The molecular weight excluding hydrogens is 314 g/mol. The maximum absolute atomic E-state index is 12.4. The summed E-state index contributed by atoms with van der Waals surface area (Å²) in [5, 5.41) is 2.90. The lowest BCUT2D eigenvalue weighted by atomic mass is 10.1. The van der Waals surface area contributed by atoms with Gasteiger partial charge in [-0.2, -0.15) is 0 Å². The Morgan fingerprint density at radius 1 is 1.16 bits per heavy atom. The number of aryl methyl sites for hydroxylation is 3. The van der Waals surface area contributed by atoms with E-state index >= 15 is 0 Å². The van der Waals surface area contributed by atoms with Crippen molar-refractivity contribution in [3.05, 3.63) is 70.1 Å². The van der Waals surface area contributed by atoms with E-state index < -0.39 is 0 Å². The van der Waals surface area contributed by atoms with Gasteiger partial charge in [-0.3, -0.25) is 9.59 Å². The van der Waals surface area contributed by atoms with Crippen molar-refractivity contribution in [3.8, 4) is 0 Å². The van der Waals surface area contributed by atoms with Crippen molar-refractivity contribution in [2.24, 2.45) is 0 Å². The Balaban J connectivity index is 1.77. The standard InChI is InChI=1S/C20H21N3O2/c1-3-15-7-6-8-16(13-15)22-19(24)11-12-23-18-10-5-4-9-17(18)21-14(2)20(23)25/h4-10,13H,3,11-12H2,1-2H3,(H,22,24). The van der Waals surface area contributed by atoms with E-state index in [0.717, 1.165) is 23.1 Å². The van der Waals surface area contributed by atoms with Crippen LogP contribution in [0.3, 0.4) is 0 Å². The minimum absolute atomic E-state index is 0.112. The first-order valence-electron chi connectivity index (χ1n) is 8.43.